The van der Waals surface area contributed by atoms with Crippen molar-refractivity contribution in [1.82, 2.24) is 9.80 Å². The molecule has 1 fully saturated rings. The van der Waals surface area contributed by atoms with Crippen LogP contribution in [-0.4, -0.2) is 42.4 Å². The Balaban J connectivity index is 2.06. The number of carbonyl (C=O) groups is 1. The van der Waals surface area contributed by atoms with Crippen molar-refractivity contribution >= 4 is 5.91 Å². The third-order valence-electron chi connectivity index (χ3n) is 3.56. The predicted molar refractivity (Wildman–Crippen MR) is 73.3 cm³/mol. The molecule has 98 valence electrons. The molecule has 0 aliphatic carbocycles. The van der Waals surface area contributed by atoms with Gasteiger partial charge in [0.2, 0.25) is 5.91 Å². The number of hydrogen-bond acceptors (Lipinski definition) is 2. The van der Waals surface area contributed by atoms with E-state index in [4.69, 9.17) is 0 Å². The van der Waals surface area contributed by atoms with Crippen LogP contribution >= 0.6 is 0 Å². The van der Waals surface area contributed by atoms with Gasteiger partial charge in [0.05, 0.1) is 6.04 Å². The lowest BCUT2D eigenvalue weighted by Crippen LogP contribution is -2.42. The highest BCUT2D eigenvalue weighted by atomic mass is 16.2. The molecule has 18 heavy (non-hydrogen) atoms. The summed E-state index contributed by atoms with van der Waals surface area (Å²) in [6.07, 6.45) is 2.11. The van der Waals surface area contributed by atoms with Gasteiger partial charge in [0.1, 0.15) is 0 Å². The fourth-order valence-electron chi connectivity index (χ4n) is 2.64. The van der Waals surface area contributed by atoms with E-state index in [9.17, 15) is 4.79 Å². The minimum atomic E-state index is 0.0699. The first-order valence-electron chi connectivity index (χ1n) is 6.58. The average molecular weight is 246 g/mol. The molecule has 0 spiro atoms. The van der Waals surface area contributed by atoms with Crippen LogP contribution in [-0.2, 0) is 11.3 Å². The molecule has 1 aliphatic heterocycles. The first kappa shape index (κ1) is 13.1. The van der Waals surface area contributed by atoms with E-state index in [0.29, 0.717) is 0 Å². The van der Waals surface area contributed by atoms with Crippen molar-refractivity contribution in [3.05, 3.63) is 35.4 Å². The van der Waals surface area contributed by atoms with Gasteiger partial charge in [-0.2, -0.15) is 0 Å². The standard InChI is InChI=1S/C15H22N2O/c1-12-6-4-7-13(10-12)11-17-9-5-8-14(17)15(18)16(2)3/h4,6-7,10,14H,5,8-9,11H2,1-3H3/t14-/m1/s1. The summed E-state index contributed by atoms with van der Waals surface area (Å²) in [4.78, 5) is 16.1. The van der Waals surface area contributed by atoms with Crippen LogP contribution in [0.25, 0.3) is 0 Å². The molecule has 1 atom stereocenters. The summed E-state index contributed by atoms with van der Waals surface area (Å²) >= 11 is 0. The van der Waals surface area contributed by atoms with Crippen molar-refractivity contribution in [1.29, 1.82) is 0 Å². The molecule has 1 aliphatic rings. The third-order valence-corrected chi connectivity index (χ3v) is 3.56. The molecule has 0 bridgehead atoms. The van der Waals surface area contributed by atoms with E-state index in [-0.39, 0.29) is 11.9 Å². The number of carbonyl (C=O) groups excluding carboxylic acids is 1. The van der Waals surface area contributed by atoms with Crippen molar-refractivity contribution < 1.29 is 4.79 Å². The van der Waals surface area contributed by atoms with E-state index >= 15 is 0 Å². The quantitative estimate of drug-likeness (QED) is 0.815. The summed E-state index contributed by atoms with van der Waals surface area (Å²) in [5, 5.41) is 0. The Morgan fingerprint density at radius 1 is 1.44 bits per heavy atom. The summed E-state index contributed by atoms with van der Waals surface area (Å²) in [5.41, 5.74) is 2.58. The highest BCUT2D eigenvalue weighted by Crippen LogP contribution is 2.21. The highest BCUT2D eigenvalue weighted by molar-refractivity contribution is 5.81. The molecule has 3 heteroatoms. The number of nitrogens with zero attached hydrogens (tertiary/aromatic N) is 2. The first-order chi connectivity index (χ1) is 8.58. The monoisotopic (exact) mass is 246 g/mol. The fourth-order valence-corrected chi connectivity index (χ4v) is 2.64. The van der Waals surface area contributed by atoms with Crippen LogP contribution in [0.1, 0.15) is 24.0 Å². The summed E-state index contributed by atoms with van der Waals surface area (Å²) < 4.78 is 0. The summed E-state index contributed by atoms with van der Waals surface area (Å²) in [6.45, 7) is 4.01. The molecule has 0 aromatic heterocycles. The lowest BCUT2D eigenvalue weighted by Gasteiger charge is -2.26. The molecule has 0 unspecified atom stereocenters. The molecule has 1 amide bonds. The SMILES string of the molecule is Cc1cccc(CN2CCC[C@@H]2C(=O)N(C)C)c1. The zero-order valence-corrected chi connectivity index (χ0v) is 11.5. The van der Waals surface area contributed by atoms with Crippen molar-refractivity contribution in [2.75, 3.05) is 20.6 Å². The number of amides is 1. The molecule has 1 saturated heterocycles. The summed E-state index contributed by atoms with van der Waals surface area (Å²) in [6, 6.07) is 8.61. The van der Waals surface area contributed by atoms with E-state index in [1.165, 1.54) is 11.1 Å². The highest BCUT2D eigenvalue weighted by Gasteiger charge is 2.31. The topological polar surface area (TPSA) is 23.6 Å². The molecule has 1 heterocycles. The van der Waals surface area contributed by atoms with Gasteiger partial charge in [-0.1, -0.05) is 29.8 Å². The van der Waals surface area contributed by atoms with Crippen LogP contribution in [0.5, 0.6) is 0 Å². The van der Waals surface area contributed by atoms with Gasteiger partial charge in [0, 0.05) is 20.6 Å². The Morgan fingerprint density at radius 3 is 2.89 bits per heavy atom. The van der Waals surface area contributed by atoms with Crippen LogP contribution in [0.4, 0.5) is 0 Å². The second-order valence-electron chi connectivity index (χ2n) is 5.35. The van der Waals surface area contributed by atoms with E-state index in [0.717, 1.165) is 25.9 Å². The van der Waals surface area contributed by atoms with E-state index in [1.807, 2.05) is 14.1 Å². The zero-order chi connectivity index (χ0) is 13.1. The van der Waals surface area contributed by atoms with Gasteiger partial charge in [-0.15, -0.1) is 0 Å². The maximum absolute atomic E-state index is 12.1. The van der Waals surface area contributed by atoms with Gasteiger partial charge in [0.15, 0.2) is 0 Å². The summed E-state index contributed by atoms with van der Waals surface area (Å²) in [5.74, 6) is 0.236. The first-order valence-corrected chi connectivity index (χ1v) is 6.58. The van der Waals surface area contributed by atoms with Crippen molar-refractivity contribution in [3.63, 3.8) is 0 Å². The van der Waals surface area contributed by atoms with Crippen LogP contribution in [0, 0.1) is 6.92 Å². The third kappa shape index (κ3) is 2.91. The molecule has 1 aromatic rings. The largest absolute Gasteiger partial charge is 0.347 e. The predicted octanol–water partition coefficient (Wildman–Crippen LogP) is 2.05. The van der Waals surface area contributed by atoms with Crippen molar-refractivity contribution in [3.8, 4) is 0 Å². The number of aryl methyl sites for hydroxylation is 1. The fraction of sp³-hybridized carbons (Fsp3) is 0.533. The number of likely N-dealkylation sites (N-methyl/N-ethyl adjacent to an activating group) is 1. The maximum Gasteiger partial charge on any atom is 0.239 e. The molecule has 2 rings (SSSR count). The normalized spacial score (nSPS) is 20.1. The molecular formula is C15H22N2O. The minimum Gasteiger partial charge on any atom is -0.347 e. The Labute approximate surface area is 109 Å². The van der Waals surface area contributed by atoms with E-state index < -0.39 is 0 Å². The van der Waals surface area contributed by atoms with E-state index in [1.54, 1.807) is 4.90 Å². The Morgan fingerprint density at radius 2 is 2.22 bits per heavy atom. The van der Waals surface area contributed by atoms with Crippen LogP contribution in [0.2, 0.25) is 0 Å². The number of likely N-dealkylation sites (tertiary alicyclic amines) is 1. The van der Waals surface area contributed by atoms with Gasteiger partial charge < -0.3 is 4.90 Å². The maximum atomic E-state index is 12.1. The van der Waals surface area contributed by atoms with Crippen LogP contribution in [0.15, 0.2) is 24.3 Å². The Kier molecular flexibility index (Phi) is 4.02. The second-order valence-corrected chi connectivity index (χ2v) is 5.35. The molecule has 0 radical (unpaired) electrons. The van der Waals surface area contributed by atoms with Gasteiger partial charge in [-0.3, -0.25) is 9.69 Å². The van der Waals surface area contributed by atoms with Crippen LogP contribution < -0.4 is 0 Å². The minimum absolute atomic E-state index is 0.0699. The van der Waals surface area contributed by atoms with Gasteiger partial charge in [0.25, 0.3) is 0 Å². The second kappa shape index (κ2) is 5.53. The van der Waals surface area contributed by atoms with Gasteiger partial charge in [-0.25, -0.2) is 0 Å². The number of rotatable bonds is 3. The molecule has 0 saturated carbocycles. The van der Waals surface area contributed by atoms with Crippen molar-refractivity contribution in [2.45, 2.75) is 32.4 Å². The number of benzene rings is 1. The smallest absolute Gasteiger partial charge is 0.239 e. The molecule has 3 nitrogen and oxygen atoms in total. The molecule has 1 aromatic carbocycles. The number of hydrogen-bond donors (Lipinski definition) is 0. The Hall–Kier alpha value is -1.35. The lowest BCUT2D eigenvalue weighted by atomic mass is 10.1. The average Bonchev–Trinajstić information content (AvgIpc) is 2.76. The van der Waals surface area contributed by atoms with E-state index in [2.05, 4.69) is 36.1 Å². The molecular weight excluding hydrogens is 224 g/mol. The van der Waals surface area contributed by atoms with Crippen LogP contribution in [0.3, 0.4) is 0 Å². The molecule has 0 N–H and O–H groups in total. The Bertz CT molecular complexity index is 428. The van der Waals surface area contributed by atoms with Gasteiger partial charge in [-0.05, 0) is 31.9 Å². The van der Waals surface area contributed by atoms with Gasteiger partial charge >= 0.3 is 0 Å². The summed E-state index contributed by atoms with van der Waals surface area (Å²) in [7, 11) is 3.68. The lowest BCUT2D eigenvalue weighted by molar-refractivity contribution is -0.133. The zero-order valence-electron chi connectivity index (χ0n) is 11.5. The van der Waals surface area contributed by atoms with Crippen molar-refractivity contribution in [2.24, 2.45) is 0 Å².